The van der Waals surface area contributed by atoms with Crippen molar-refractivity contribution >= 4 is 34.1 Å². The molecule has 1 fully saturated rings. The SMILES string of the molecule is CC(C)(C)c1ccc(-c2c3ccccc3c(B3OC(C)(C)C(C)(C)O3)c3ccccc23)cc1. The van der Waals surface area contributed by atoms with E-state index in [2.05, 4.69) is 121 Å². The summed E-state index contributed by atoms with van der Waals surface area (Å²) in [6.45, 7) is 15.2. The van der Waals surface area contributed by atoms with E-state index in [0.29, 0.717) is 0 Å². The molecule has 2 nitrogen and oxygen atoms in total. The third-order valence-corrected chi connectivity index (χ3v) is 7.50. The maximum absolute atomic E-state index is 6.54. The predicted molar refractivity (Wildman–Crippen MR) is 141 cm³/mol. The first-order valence-corrected chi connectivity index (χ1v) is 11.9. The molecule has 0 aliphatic carbocycles. The second kappa shape index (κ2) is 7.45. The molecule has 4 aromatic carbocycles. The number of hydrogen-bond acceptors (Lipinski definition) is 2. The first kappa shape index (κ1) is 22.2. The Labute approximate surface area is 198 Å². The molecule has 0 aromatic heterocycles. The Hall–Kier alpha value is -2.62. The van der Waals surface area contributed by atoms with Gasteiger partial charge in [0.1, 0.15) is 0 Å². The molecular weight excluding hydrogens is 403 g/mol. The molecular formula is C30H33BO2. The van der Waals surface area contributed by atoms with E-state index >= 15 is 0 Å². The first-order chi connectivity index (χ1) is 15.5. The van der Waals surface area contributed by atoms with Gasteiger partial charge in [0, 0.05) is 0 Å². The second-order valence-corrected chi connectivity index (χ2v) is 11.3. The van der Waals surface area contributed by atoms with E-state index in [1.54, 1.807) is 0 Å². The minimum atomic E-state index is -0.415. The molecule has 1 heterocycles. The highest BCUT2D eigenvalue weighted by Gasteiger charge is 2.52. The zero-order valence-electron chi connectivity index (χ0n) is 20.8. The van der Waals surface area contributed by atoms with Crippen molar-refractivity contribution in [3.8, 4) is 11.1 Å². The number of benzene rings is 4. The average Bonchev–Trinajstić information content (AvgIpc) is 2.97. The van der Waals surface area contributed by atoms with Crippen LogP contribution in [0, 0.1) is 0 Å². The van der Waals surface area contributed by atoms with Gasteiger partial charge in [0.05, 0.1) is 11.2 Å². The summed E-state index contributed by atoms with van der Waals surface area (Å²) in [6, 6.07) is 26.4. The van der Waals surface area contributed by atoms with Gasteiger partial charge in [-0.1, -0.05) is 93.6 Å². The van der Waals surface area contributed by atoms with Gasteiger partial charge in [0.15, 0.2) is 0 Å². The lowest BCUT2D eigenvalue weighted by Gasteiger charge is -2.32. The minimum absolute atomic E-state index is 0.128. The van der Waals surface area contributed by atoms with Crippen molar-refractivity contribution in [3.05, 3.63) is 78.4 Å². The van der Waals surface area contributed by atoms with Crippen LogP contribution in [0.25, 0.3) is 32.7 Å². The lowest BCUT2D eigenvalue weighted by Crippen LogP contribution is -2.41. The van der Waals surface area contributed by atoms with Crippen molar-refractivity contribution in [1.29, 1.82) is 0 Å². The van der Waals surface area contributed by atoms with Crippen LogP contribution < -0.4 is 5.46 Å². The van der Waals surface area contributed by atoms with Crippen LogP contribution in [0.15, 0.2) is 72.8 Å². The summed E-state index contributed by atoms with van der Waals surface area (Å²) in [6.07, 6.45) is 0. The third kappa shape index (κ3) is 3.59. The summed E-state index contributed by atoms with van der Waals surface area (Å²) in [5.41, 5.74) is 4.31. The summed E-state index contributed by atoms with van der Waals surface area (Å²) in [4.78, 5) is 0. The van der Waals surface area contributed by atoms with Crippen LogP contribution in [0.4, 0.5) is 0 Å². The molecule has 1 saturated heterocycles. The molecule has 1 aliphatic rings. The number of fused-ring (bicyclic) bond motifs is 2. The number of rotatable bonds is 2. The highest BCUT2D eigenvalue weighted by atomic mass is 16.7. The molecule has 0 unspecified atom stereocenters. The van der Waals surface area contributed by atoms with Crippen LogP contribution in [0.2, 0.25) is 0 Å². The lowest BCUT2D eigenvalue weighted by molar-refractivity contribution is 0.00578. The molecule has 1 aliphatic heterocycles. The Morgan fingerprint density at radius 3 is 1.45 bits per heavy atom. The van der Waals surface area contributed by atoms with Crippen molar-refractivity contribution in [2.24, 2.45) is 0 Å². The molecule has 4 aromatic rings. The molecule has 0 spiro atoms. The van der Waals surface area contributed by atoms with Gasteiger partial charge in [-0.05, 0) is 76.8 Å². The Morgan fingerprint density at radius 2 is 1.03 bits per heavy atom. The summed E-state index contributed by atoms with van der Waals surface area (Å²) in [7, 11) is -0.415. The van der Waals surface area contributed by atoms with E-state index < -0.39 is 7.12 Å². The van der Waals surface area contributed by atoms with E-state index in [4.69, 9.17) is 9.31 Å². The van der Waals surface area contributed by atoms with E-state index in [-0.39, 0.29) is 16.6 Å². The molecule has 5 rings (SSSR count). The van der Waals surface area contributed by atoms with Gasteiger partial charge in [-0.2, -0.15) is 0 Å². The van der Waals surface area contributed by atoms with Crippen molar-refractivity contribution < 1.29 is 9.31 Å². The maximum atomic E-state index is 6.54. The molecule has 0 saturated carbocycles. The van der Waals surface area contributed by atoms with E-state index in [0.717, 1.165) is 5.46 Å². The fourth-order valence-electron chi connectivity index (χ4n) is 4.82. The molecule has 0 atom stereocenters. The van der Waals surface area contributed by atoms with Gasteiger partial charge in [-0.15, -0.1) is 0 Å². The normalized spacial score (nSPS) is 17.7. The Kier molecular flexibility index (Phi) is 5.01. The first-order valence-electron chi connectivity index (χ1n) is 11.9. The molecule has 0 radical (unpaired) electrons. The fraction of sp³-hybridized carbons (Fsp3) is 0.333. The van der Waals surface area contributed by atoms with Crippen LogP contribution in [0.3, 0.4) is 0 Å². The van der Waals surface area contributed by atoms with Crippen molar-refractivity contribution in [3.63, 3.8) is 0 Å². The standard InChI is InChI=1S/C30H33BO2/c1-28(2,3)21-18-16-20(17-19-21)26-22-12-8-10-14-24(22)27(25-15-11-9-13-23(25)26)31-32-29(4,5)30(6,7)33-31/h8-19H,1-7H3. The zero-order valence-corrected chi connectivity index (χ0v) is 20.8. The summed E-state index contributed by atoms with van der Waals surface area (Å²) in [5, 5.41) is 4.82. The summed E-state index contributed by atoms with van der Waals surface area (Å²) in [5.74, 6) is 0. The zero-order chi connectivity index (χ0) is 23.6. The number of hydrogen-bond donors (Lipinski definition) is 0. The largest absolute Gasteiger partial charge is 0.496 e. The van der Waals surface area contributed by atoms with Gasteiger partial charge < -0.3 is 9.31 Å². The maximum Gasteiger partial charge on any atom is 0.496 e. The molecule has 3 heteroatoms. The molecule has 168 valence electrons. The minimum Gasteiger partial charge on any atom is -0.399 e. The van der Waals surface area contributed by atoms with E-state index in [9.17, 15) is 0 Å². The van der Waals surface area contributed by atoms with Gasteiger partial charge in [-0.25, -0.2) is 0 Å². The highest BCUT2D eigenvalue weighted by Crippen LogP contribution is 2.41. The predicted octanol–water partition coefficient (Wildman–Crippen LogP) is 7.26. The monoisotopic (exact) mass is 436 g/mol. The Balaban J connectivity index is 1.80. The van der Waals surface area contributed by atoms with E-state index in [1.807, 2.05) is 0 Å². The molecule has 0 amide bonds. The topological polar surface area (TPSA) is 18.5 Å². The third-order valence-electron chi connectivity index (χ3n) is 7.50. The molecule has 33 heavy (non-hydrogen) atoms. The fourth-order valence-corrected chi connectivity index (χ4v) is 4.82. The summed E-state index contributed by atoms with van der Waals surface area (Å²) >= 11 is 0. The molecule has 0 N–H and O–H groups in total. The average molecular weight is 436 g/mol. The molecule has 0 bridgehead atoms. The van der Waals surface area contributed by atoms with Crippen LogP contribution in [0.5, 0.6) is 0 Å². The van der Waals surface area contributed by atoms with Crippen LogP contribution >= 0.6 is 0 Å². The van der Waals surface area contributed by atoms with Crippen LogP contribution in [-0.4, -0.2) is 18.3 Å². The van der Waals surface area contributed by atoms with E-state index in [1.165, 1.54) is 38.2 Å². The quantitative estimate of drug-likeness (QED) is 0.243. The smallest absolute Gasteiger partial charge is 0.399 e. The van der Waals surface area contributed by atoms with Crippen LogP contribution in [0.1, 0.15) is 54.0 Å². The highest BCUT2D eigenvalue weighted by molar-refractivity contribution is 6.68. The van der Waals surface area contributed by atoms with Crippen molar-refractivity contribution in [2.75, 3.05) is 0 Å². The lowest BCUT2D eigenvalue weighted by atomic mass is 9.71. The Bertz CT molecular complexity index is 1270. The van der Waals surface area contributed by atoms with Crippen molar-refractivity contribution in [1.82, 2.24) is 0 Å². The van der Waals surface area contributed by atoms with Crippen LogP contribution in [-0.2, 0) is 14.7 Å². The van der Waals surface area contributed by atoms with Gasteiger partial charge in [-0.3, -0.25) is 0 Å². The second-order valence-electron chi connectivity index (χ2n) is 11.3. The summed E-state index contributed by atoms with van der Waals surface area (Å²) < 4.78 is 13.1. The van der Waals surface area contributed by atoms with Gasteiger partial charge >= 0.3 is 7.12 Å². The van der Waals surface area contributed by atoms with Crippen molar-refractivity contribution in [2.45, 2.75) is 65.1 Å². The Morgan fingerprint density at radius 1 is 0.606 bits per heavy atom. The van der Waals surface area contributed by atoms with Gasteiger partial charge in [0.25, 0.3) is 0 Å². The van der Waals surface area contributed by atoms with Gasteiger partial charge in [0.2, 0.25) is 0 Å².